The van der Waals surface area contributed by atoms with Gasteiger partial charge in [-0.25, -0.2) is 17.7 Å². The van der Waals surface area contributed by atoms with Gasteiger partial charge in [-0.2, -0.15) is 0 Å². The highest BCUT2D eigenvalue weighted by atomic mass is 32.2. The maximum Gasteiger partial charge on any atom is 0.326 e. The van der Waals surface area contributed by atoms with Crippen LogP contribution in [0.5, 0.6) is 0 Å². The van der Waals surface area contributed by atoms with Gasteiger partial charge in [-0.05, 0) is 18.6 Å². The maximum atomic E-state index is 12.8. The SMILES string of the molecule is CCCCOC(=O)CN(c1nccs1)S(=O)(=O)c1ccccc1. The zero-order chi connectivity index (χ0) is 16.7. The van der Waals surface area contributed by atoms with Crippen LogP contribution in [-0.4, -0.2) is 32.5 Å². The number of benzene rings is 1. The fraction of sp³-hybridized carbons (Fsp3) is 0.333. The van der Waals surface area contributed by atoms with E-state index in [9.17, 15) is 13.2 Å². The molecule has 2 rings (SSSR count). The lowest BCUT2D eigenvalue weighted by Gasteiger charge is -2.20. The summed E-state index contributed by atoms with van der Waals surface area (Å²) < 4.78 is 31.6. The molecule has 0 aliphatic heterocycles. The molecule has 0 aliphatic rings. The monoisotopic (exact) mass is 354 g/mol. The van der Waals surface area contributed by atoms with Gasteiger partial charge < -0.3 is 4.74 Å². The van der Waals surface area contributed by atoms with Crippen LogP contribution in [0.2, 0.25) is 0 Å². The highest BCUT2D eigenvalue weighted by Crippen LogP contribution is 2.25. The Morgan fingerprint density at radius 1 is 1.30 bits per heavy atom. The molecule has 2 aromatic rings. The van der Waals surface area contributed by atoms with Crippen molar-refractivity contribution in [2.24, 2.45) is 0 Å². The number of ether oxygens (including phenoxy) is 1. The average molecular weight is 354 g/mol. The molecule has 0 saturated heterocycles. The number of unbranched alkanes of at least 4 members (excludes halogenated alkanes) is 1. The van der Waals surface area contributed by atoms with Gasteiger partial charge in [0.15, 0.2) is 5.13 Å². The quantitative estimate of drug-likeness (QED) is 0.538. The molecule has 0 spiro atoms. The first-order valence-electron chi connectivity index (χ1n) is 7.18. The van der Waals surface area contributed by atoms with Gasteiger partial charge in [0.2, 0.25) is 0 Å². The van der Waals surface area contributed by atoms with Crippen molar-refractivity contribution in [3.63, 3.8) is 0 Å². The molecule has 0 fully saturated rings. The van der Waals surface area contributed by atoms with Crippen LogP contribution in [-0.2, 0) is 19.6 Å². The van der Waals surface area contributed by atoms with E-state index in [1.165, 1.54) is 18.3 Å². The second-order valence-corrected chi connectivity index (χ2v) is 7.45. The van der Waals surface area contributed by atoms with Crippen LogP contribution in [0, 0.1) is 0 Å². The summed E-state index contributed by atoms with van der Waals surface area (Å²) in [5, 5.41) is 1.90. The number of hydrogen-bond donors (Lipinski definition) is 0. The van der Waals surface area contributed by atoms with Crippen molar-refractivity contribution < 1.29 is 17.9 Å². The third kappa shape index (κ3) is 4.52. The zero-order valence-corrected chi connectivity index (χ0v) is 14.3. The minimum absolute atomic E-state index is 0.108. The molecule has 1 aromatic heterocycles. The lowest BCUT2D eigenvalue weighted by atomic mass is 10.4. The molecule has 6 nitrogen and oxygen atoms in total. The first kappa shape index (κ1) is 17.4. The maximum absolute atomic E-state index is 12.8. The summed E-state index contributed by atoms with van der Waals surface area (Å²) in [5.41, 5.74) is 0. The minimum atomic E-state index is -3.87. The molecule has 0 aliphatic carbocycles. The van der Waals surface area contributed by atoms with Crippen LogP contribution in [0.3, 0.4) is 0 Å². The Labute approximate surface area is 139 Å². The summed E-state index contributed by atoms with van der Waals surface area (Å²) in [5.74, 6) is -0.590. The van der Waals surface area contributed by atoms with Crippen LogP contribution in [0.25, 0.3) is 0 Å². The number of sulfonamides is 1. The van der Waals surface area contributed by atoms with Crippen molar-refractivity contribution in [3.05, 3.63) is 41.9 Å². The predicted octanol–water partition coefficient (Wildman–Crippen LogP) is 2.68. The standard InChI is InChI=1S/C15H18N2O4S2/c1-2-3-10-21-14(18)12-17(15-16-9-11-22-15)23(19,20)13-7-5-4-6-8-13/h4-9,11H,2-3,10,12H2,1H3. The smallest absolute Gasteiger partial charge is 0.326 e. The second-order valence-electron chi connectivity index (χ2n) is 4.71. The van der Waals surface area contributed by atoms with E-state index in [2.05, 4.69) is 4.98 Å². The molecule has 0 radical (unpaired) electrons. The summed E-state index contributed by atoms with van der Waals surface area (Å²) in [6, 6.07) is 7.96. The highest BCUT2D eigenvalue weighted by Gasteiger charge is 2.29. The Kier molecular flexibility index (Phi) is 6.12. The Bertz CT molecular complexity index is 715. The van der Waals surface area contributed by atoms with E-state index in [0.717, 1.165) is 28.5 Å². The molecule has 0 unspecified atom stereocenters. The number of carbonyl (C=O) groups is 1. The van der Waals surface area contributed by atoms with Crippen molar-refractivity contribution in [2.45, 2.75) is 24.7 Å². The Morgan fingerprint density at radius 2 is 2.04 bits per heavy atom. The van der Waals surface area contributed by atoms with E-state index in [-0.39, 0.29) is 16.6 Å². The van der Waals surface area contributed by atoms with E-state index in [1.807, 2.05) is 6.92 Å². The third-order valence-electron chi connectivity index (χ3n) is 3.00. The second kappa shape index (κ2) is 8.07. The van der Waals surface area contributed by atoms with Crippen LogP contribution in [0.4, 0.5) is 5.13 Å². The fourth-order valence-corrected chi connectivity index (χ4v) is 4.06. The number of aromatic nitrogens is 1. The molecule has 124 valence electrons. The summed E-state index contributed by atoms with van der Waals surface area (Å²) >= 11 is 1.15. The van der Waals surface area contributed by atoms with Gasteiger partial charge in [-0.3, -0.25) is 4.79 Å². The molecule has 1 aromatic carbocycles. The first-order valence-corrected chi connectivity index (χ1v) is 9.50. The Balaban J connectivity index is 2.24. The zero-order valence-electron chi connectivity index (χ0n) is 12.7. The predicted molar refractivity (Wildman–Crippen MR) is 89.0 cm³/mol. The largest absolute Gasteiger partial charge is 0.464 e. The molecule has 0 bridgehead atoms. The average Bonchev–Trinajstić information content (AvgIpc) is 3.07. The summed E-state index contributed by atoms with van der Waals surface area (Å²) in [4.78, 5) is 16.1. The van der Waals surface area contributed by atoms with Crippen LogP contribution in [0.1, 0.15) is 19.8 Å². The summed E-state index contributed by atoms with van der Waals surface area (Å²) in [6.45, 7) is 1.87. The van der Waals surface area contributed by atoms with E-state index >= 15 is 0 Å². The molecule has 8 heteroatoms. The van der Waals surface area contributed by atoms with E-state index in [1.54, 1.807) is 23.6 Å². The highest BCUT2D eigenvalue weighted by molar-refractivity contribution is 7.93. The molecule has 0 saturated carbocycles. The molecule has 0 amide bonds. The number of esters is 1. The van der Waals surface area contributed by atoms with Crippen LogP contribution < -0.4 is 4.31 Å². The van der Waals surface area contributed by atoms with Gasteiger partial charge in [-0.1, -0.05) is 31.5 Å². The van der Waals surface area contributed by atoms with Crippen molar-refractivity contribution in [3.8, 4) is 0 Å². The summed E-state index contributed by atoms with van der Waals surface area (Å²) in [6.07, 6.45) is 3.14. The minimum Gasteiger partial charge on any atom is -0.464 e. The molecular formula is C15H18N2O4S2. The molecule has 0 atom stereocenters. The van der Waals surface area contributed by atoms with Gasteiger partial charge >= 0.3 is 5.97 Å². The number of hydrogen-bond acceptors (Lipinski definition) is 6. The molecular weight excluding hydrogens is 336 g/mol. The van der Waals surface area contributed by atoms with Crippen LogP contribution in [0.15, 0.2) is 46.8 Å². The number of rotatable bonds is 8. The number of nitrogens with zero attached hydrogens (tertiary/aromatic N) is 2. The Hall–Kier alpha value is -1.93. The van der Waals surface area contributed by atoms with Crippen molar-refractivity contribution >= 4 is 32.5 Å². The van der Waals surface area contributed by atoms with Gasteiger partial charge in [0, 0.05) is 11.6 Å². The number of anilines is 1. The first-order chi connectivity index (χ1) is 11.1. The lowest BCUT2D eigenvalue weighted by Crippen LogP contribution is -2.36. The van der Waals surface area contributed by atoms with Crippen molar-refractivity contribution in [1.29, 1.82) is 0 Å². The van der Waals surface area contributed by atoms with E-state index in [4.69, 9.17) is 4.74 Å². The Morgan fingerprint density at radius 3 is 2.65 bits per heavy atom. The van der Waals surface area contributed by atoms with Gasteiger partial charge in [-0.15, -0.1) is 11.3 Å². The molecule has 0 N–H and O–H groups in total. The normalized spacial score (nSPS) is 11.2. The lowest BCUT2D eigenvalue weighted by molar-refractivity contribution is -0.141. The van der Waals surface area contributed by atoms with Gasteiger partial charge in [0.05, 0.1) is 11.5 Å². The van der Waals surface area contributed by atoms with E-state index in [0.29, 0.717) is 0 Å². The summed E-state index contributed by atoms with van der Waals surface area (Å²) in [7, 11) is -3.87. The van der Waals surface area contributed by atoms with Crippen LogP contribution >= 0.6 is 11.3 Å². The molecule has 1 heterocycles. The van der Waals surface area contributed by atoms with Crippen molar-refractivity contribution in [1.82, 2.24) is 4.98 Å². The van der Waals surface area contributed by atoms with E-state index < -0.39 is 22.5 Å². The fourth-order valence-electron chi connectivity index (χ4n) is 1.81. The third-order valence-corrected chi connectivity index (χ3v) is 5.66. The topological polar surface area (TPSA) is 76.6 Å². The molecule has 23 heavy (non-hydrogen) atoms. The van der Waals surface area contributed by atoms with Gasteiger partial charge in [0.25, 0.3) is 10.0 Å². The van der Waals surface area contributed by atoms with Gasteiger partial charge in [0.1, 0.15) is 6.54 Å². The van der Waals surface area contributed by atoms with Crippen molar-refractivity contribution in [2.75, 3.05) is 17.5 Å². The number of carbonyl (C=O) groups excluding carboxylic acids is 1. The number of thiazole rings is 1.